The first-order valence-electron chi connectivity index (χ1n) is 6.91. The molecule has 0 radical (unpaired) electrons. The standard InChI is InChI=1S/C14H14F3N4O3/c15-14(16,17)13(22)24-9-8-23-7-6-21-5-2-11(10-20-21)12-18-3-1-4-19-12/h1-5,10H,6-9H2/q+1. The Morgan fingerprint density at radius 2 is 1.92 bits per heavy atom. The molecule has 2 aromatic heterocycles. The second-order valence-electron chi connectivity index (χ2n) is 4.50. The maximum atomic E-state index is 11.9. The van der Waals surface area contributed by atoms with Crippen LogP contribution in [0.3, 0.4) is 0 Å². The maximum Gasteiger partial charge on any atom is 0.490 e. The number of hydrogen-bond donors (Lipinski definition) is 0. The van der Waals surface area contributed by atoms with Crippen molar-refractivity contribution in [2.45, 2.75) is 12.7 Å². The van der Waals surface area contributed by atoms with E-state index < -0.39 is 18.8 Å². The number of carbonyl (C=O) groups excluding carboxylic acids is 1. The Labute approximate surface area is 135 Å². The van der Waals surface area contributed by atoms with Gasteiger partial charge in [-0.05, 0) is 11.2 Å². The molecular weight excluding hydrogens is 329 g/mol. The topological polar surface area (TPSA) is 78.1 Å². The second-order valence-corrected chi connectivity index (χ2v) is 4.50. The predicted octanol–water partition coefficient (Wildman–Crippen LogP) is 0.948. The molecule has 24 heavy (non-hydrogen) atoms. The summed E-state index contributed by atoms with van der Waals surface area (Å²) in [6.45, 7) is 0.0185. The molecule has 0 aromatic carbocycles. The molecule has 10 heteroatoms. The first-order chi connectivity index (χ1) is 11.5. The molecule has 0 aliphatic carbocycles. The molecule has 2 rings (SSSR count). The van der Waals surface area contributed by atoms with Crippen molar-refractivity contribution >= 4 is 5.97 Å². The number of ether oxygens (including phenoxy) is 2. The summed E-state index contributed by atoms with van der Waals surface area (Å²) in [7, 11) is 0. The van der Waals surface area contributed by atoms with E-state index >= 15 is 0 Å². The molecule has 0 unspecified atom stereocenters. The van der Waals surface area contributed by atoms with Crippen LogP contribution in [0.25, 0.3) is 11.4 Å². The molecule has 0 spiro atoms. The third-order valence-corrected chi connectivity index (χ3v) is 2.75. The Morgan fingerprint density at radius 3 is 2.54 bits per heavy atom. The fourth-order valence-corrected chi connectivity index (χ4v) is 1.63. The van der Waals surface area contributed by atoms with Gasteiger partial charge in [0, 0.05) is 24.0 Å². The van der Waals surface area contributed by atoms with Gasteiger partial charge in [0.05, 0.1) is 6.61 Å². The van der Waals surface area contributed by atoms with Gasteiger partial charge in [-0.15, -0.1) is 0 Å². The van der Waals surface area contributed by atoms with E-state index in [2.05, 4.69) is 19.8 Å². The largest absolute Gasteiger partial charge is 0.490 e. The maximum absolute atomic E-state index is 11.9. The number of carbonyl (C=O) groups is 1. The van der Waals surface area contributed by atoms with Crippen molar-refractivity contribution < 1.29 is 32.1 Å². The molecule has 0 bridgehead atoms. The Bertz CT molecular complexity index is 651. The summed E-state index contributed by atoms with van der Waals surface area (Å²) in [4.78, 5) is 18.6. The lowest BCUT2D eigenvalue weighted by molar-refractivity contribution is -0.754. The Morgan fingerprint density at radius 1 is 1.17 bits per heavy atom. The van der Waals surface area contributed by atoms with Gasteiger partial charge in [0.1, 0.15) is 19.4 Å². The van der Waals surface area contributed by atoms with Crippen molar-refractivity contribution in [1.82, 2.24) is 15.1 Å². The highest BCUT2D eigenvalue weighted by Crippen LogP contribution is 2.16. The Hall–Kier alpha value is -2.62. The fraction of sp³-hybridized carbons (Fsp3) is 0.357. The van der Waals surface area contributed by atoms with E-state index in [4.69, 9.17) is 4.74 Å². The third-order valence-electron chi connectivity index (χ3n) is 2.75. The molecular formula is C14H14F3N4O3+. The van der Waals surface area contributed by atoms with Crippen LogP contribution in [0.4, 0.5) is 13.2 Å². The van der Waals surface area contributed by atoms with E-state index in [1.54, 1.807) is 41.6 Å². The summed E-state index contributed by atoms with van der Waals surface area (Å²) in [5, 5.41) is 4.16. The third kappa shape index (κ3) is 5.54. The van der Waals surface area contributed by atoms with Crippen molar-refractivity contribution in [1.29, 1.82) is 0 Å². The van der Waals surface area contributed by atoms with Crippen molar-refractivity contribution in [3.63, 3.8) is 0 Å². The molecule has 0 saturated carbocycles. The second kappa shape index (κ2) is 8.29. The van der Waals surface area contributed by atoms with Gasteiger partial charge in [-0.2, -0.15) is 13.2 Å². The zero-order chi connectivity index (χ0) is 17.4. The monoisotopic (exact) mass is 343 g/mol. The van der Waals surface area contributed by atoms with Gasteiger partial charge in [0.15, 0.2) is 18.6 Å². The lowest BCUT2D eigenvalue weighted by Crippen LogP contribution is -2.39. The molecule has 0 atom stereocenters. The van der Waals surface area contributed by atoms with E-state index in [9.17, 15) is 18.0 Å². The fourth-order valence-electron chi connectivity index (χ4n) is 1.63. The number of nitrogens with zero attached hydrogens (tertiary/aromatic N) is 4. The first-order valence-corrected chi connectivity index (χ1v) is 6.91. The number of rotatable bonds is 7. The van der Waals surface area contributed by atoms with Crippen LogP contribution in [-0.2, 0) is 20.8 Å². The summed E-state index contributed by atoms with van der Waals surface area (Å²) < 4.78 is 46.3. The minimum Gasteiger partial charge on any atom is -0.457 e. The number of esters is 1. The molecule has 2 aromatic rings. The number of halogens is 3. The molecule has 0 saturated heterocycles. The average Bonchev–Trinajstić information content (AvgIpc) is 2.58. The van der Waals surface area contributed by atoms with Gasteiger partial charge >= 0.3 is 12.1 Å². The van der Waals surface area contributed by atoms with Crippen molar-refractivity contribution in [3.05, 3.63) is 36.9 Å². The van der Waals surface area contributed by atoms with E-state index in [0.29, 0.717) is 12.4 Å². The van der Waals surface area contributed by atoms with Crippen LogP contribution in [-0.4, -0.2) is 47.0 Å². The summed E-state index contributed by atoms with van der Waals surface area (Å²) in [6, 6.07) is 3.50. The van der Waals surface area contributed by atoms with Gasteiger partial charge in [-0.25, -0.2) is 14.8 Å². The SMILES string of the molecule is O=C(OCCOCC[n+]1ccc(-c2ncccn2)cn1)C(F)(F)F. The van der Waals surface area contributed by atoms with Crippen LogP contribution in [0.5, 0.6) is 0 Å². The van der Waals surface area contributed by atoms with Gasteiger partial charge in [0.2, 0.25) is 0 Å². The van der Waals surface area contributed by atoms with Gasteiger partial charge < -0.3 is 9.47 Å². The van der Waals surface area contributed by atoms with Crippen molar-refractivity contribution in [3.8, 4) is 11.4 Å². The van der Waals surface area contributed by atoms with E-state index in [1.165, 1.54) is 0 Å². The van der Waals surface area contributed by atoms with Crippen LogP contribution in [0.1, 0.15) is 0 Å². The normalized spacial score (nSPS) is 11.3. The zero-order valence-corrected chi connectivity index (χ0v) is 12.4. The summed E-state index contributed by atoms with van der Waals surface area (Å²) in [5.74, 6) is -1.67. The van der Waals surface area contributed by atoms with E-state index in [1.807, 2.05) is 0 Å². The lowest BCUT2D eigenvalue weighted by Gasteiger charge is -2.06. The molecule has 0 N–H and O–H groups in total. The number of aromatic nitrogens is 4. The minimum atomic E-state index is -4.98. The molecule has 128 valence electrons. The smallest absolute Gasteiger partial charge is 0.457 e. The van der Waals surface area contributed by atoms with Crippen molar-refractivity contribution in [2.24, 2.45) is 0 Å². The molecule has 0 aliphatic rings. The van der Waals surface area contributed by atoms with Gasteiger partial charge in [-0.1, -0.05) is 4.68 Å². The van der Waals surface area contributed by atoms with E-state index in [-0.39, 0.29) is 13.2 Å². The average molecular weight is 343 g/mol. The highest BCUT2D eigenvalue weighted by atomic mass is 19.4. The Balaban J connectivity index is 1.67. The first kappa shape index (κ1) is 17.7. The van der Waals surface area contributed by atoms with Gasteiger partial charge in [-0.3, -0.25) is 0 Å². The van der Waals surface area contributed by atoms with Crippen LogP contribution in [0, 0.1) is 0 Å². The number of alkyl halides is 3. The zero-order valence-electron chi connectivity index (χ0n) is 12.4. The van der Waals surface area contributed by atoms with Crippen molar-refractivity contribution in [2.75, 3.05) is 19.8 Å². The predicted molar refractivity (Wildman–Crippen MR) is 73.3 cm³/mol. The quantitative estimate of drug-likeness (QED) is 0.423. The molecule has 7 nitrogen and oxygen atoms in total. The van der Waals surface area contributed by atoms with Crippen LogP contribution < -0.4 is 4.68 Å². The number of hydrogen-bond acceptors (Lipinski definition) is 6. The highest BCUT2D eigenvalue weighted by Gasteiger charge is 2.40. The molecule has 0 fully saturated rings. The molecule has 0 amide bonds. The minimum absolute atomic E-state index is 0.127. The van der Waals surface area contributed by atoms with Gasteiger partial charge in [0.25, 0.3) is 0 Å². The van der Waals surface area contributed by atoms with Crippen LogP contribution in [0.2, 0.25) is 0 Å². The summed E-state index contributed by atoms with van der Waals surface area (Å²) >= 11 is 0. The molecule has 2 heterocycles. The summed E-state index contributed by atoms with van der Waals surface area (Å²) in [5.41, 5.74) is 0.756. The van der Waals surface area contributed by atoms with Crippen LogP contribution in [0.15, 0.2) is 36.9 Å². The van der Waals surface area contributed by atoms with E-state index in [0.717, 1.165) is 5.56 Å². The molecule has 0 aliphatic heterocycles. The lowest BCUT2D eigenvalue weighted by atomic mass is 10.3. The Kier molecular flexibility index (Phi) is 6.13. The highest BCUT2D eigenvalue weighted by molar-refractivity contribution is 5.75. The summed E-state index contributed by atoms with van der Waals surface area (Å²) in [6.07, 6.45) is 1.58. The van der Waals surface area contributed by atoms with Crippen LogP contribution >= 0.6 is 0 Å².